The molecular weight excluding hydrogens is 314 g/mol. The number of hydrogen-bond acceptors (Lipinski definition) is 4. The molecule has 128 valence electrons. The fourth-order valence-electron chi connectivity index (χ4n) is 3.19. The quantitative estimate of drug-likeness (QED) is 0.810. The summed E-state index contributed by atoms with van der Waals surface area (Å²) in [6.45, 7) is 7.56. The summed E-state index contributed by atoms with van der Waals surface area (Å²) in [7, 11) is -3.56. The average molecular weight is 339 g/mol. The summed E-state index contributed by atoms with van der Waals surface area (Å²) in [4.78, 5) is 13.5. The molecule has 0 saturated carbocycles. The zero-order chi connectivity index (χ0) is 17.0. The van der Waals surface area contributed by atoms with E-state index in [1.54, 1.807) is 0 Å². The van der Waals surface area contributed by atoms with Crippen LogP contribution in [0, 0.1) is 11.8 Å². The van der Waals surface area contributed by atoms with Crippen molar-refractivity contribution in [3.8, 4) is 0 Å². The highest BCUT2D eigenvalue weighted by molar-refractivity contribution is 7.89. The van der Waals surface area contributed by atoms with E-state index in [1.807, 2.05) is 0 Å². The summed E-state index contributed by atoms with van der Waals surface area (Å²) < 4.78 is 27.1. The molecule has 0 radical (unpaired) electrons. The first-order valence-electron chi connectivity index (χ1n) is 7.90. The molecule has 1 amide bonds. The van der Waals surface area contributed by atoms with Gasteiger partial charge in [-0.3, -0.25) is 4.79 Å². The molecule has 0 bridgehead atoms. The van der Waals surface area contributed by atoms with Gasteiger partial charge in [0.25, 0.3) is 0 Å². The molecule has 1 saturated heterocycles. The van der Waals surface area contributed by atoms with Crippen molar-refractivity contribution in [2.75, 3.05) is 26.2 Å². The van der Waals surface area contributed by atoms with Gasteiger partial charge in [-0.05, 0) is 42.5 Å². The van der Waals surface area contributed by atoms with E-state index in [4.69, 9.17) is 5.73 Å². The minimum Gasteiger partial charge on any atom is -0.366 e. The molecule has 1 aromatic rings. The van der Waals surface area contributed by atoms with Gasteiger partial charge in [-0.25, -0.2) is 13.1 Å². The van der Waals surface area contributed by atoms with Gasteiger partial charge in [0.15, 0.2) is 0 Å². The molecule has 1 heterocycles. The van der Waals surface area contributed by atoms with E-state index in [0.29, 0.717) is 30.5 Å². The SMILES string of the molecule is CC1CC(C)CN(CCNS(=O)(=O)c2ccc(C(N)=O)cc2)C1. The first-order valence-corrected chi connectivity index (χ1v) is 9.38. The lowest BCUT2D eigenvalue weighted by atomic mass is 9.92. The standard InChI is InChI=1S/C16H25N3O3S/c1-12-9-13(2)11-19(10-12)8-7-18-23(21,22)15-5-3-14(4-6-15)16(17)20/h3-6,12-13,18H,7-11H2,1-2H3,(H2,17,20). The fourth-order valence-corrected chi connectivity index (χ4v) is 4.22. The van der Waals surface area contributed by atoms with E-state index in [1.165, 1.54) is 30.7 Å². The van der Waals surface area contributed by atoms with Crippen LogP contribution in [0.1, 0.15) is 30.6 Å². The number of rotatable bonds is 6. The number of nitrogens with one attached hydrogen (secondary N) is 1. The monoisotopic (exact) mass is 339 g/mol. The highest BCUT2D eigenvalue weighted by Crippen LogP contribution is 2.20. The number of sulfonamides is 1. The Balaban J connectivity index is 1.90. The molecular formula is C16H25N3O3S. The summed E-state index contributed by atoms with van der Waals surface area (Å²) >= 11 is 0. The van der Waals surface area contributed by atoms with Crippen molar-refractivity contribution in [2.24, 2.45) is 17.6 Å². The number of likely N-dealkylation sites (tertiary alicyclic amines) is 1. The van der Waals surface area contributed by atoms with Gasteiger partial charge in [-0.15, -0.1) is 0 Å². The maximum Gasteiger partial charge on any atom is 0.248 e. The molecule has 7 heteroatoms. The maximum absolute atomic E-state index is 12.2. The number of hydrogen-bond donors (Lipinski definition) is 2. The van der Waals surface area contributed by atoms with Gasteiger partial charge in [-0.1, -0.05) is 13.8 Å². The van der Waals surface area contributed by atoms with Gasteiger partial charge in [0.2, 0.25) is 15.9 Å². The molecule has 23 heavy (non-hydrogen) atoms. The van der Waals surface area contributed by atoms with E-state index in [-0.39, 0.29) is 4.90 Å². The van der Waals surface area contributed by atoms with Crippen LogP contribution in [0.3, 0.4) is 0 Å². The predicted octanol–water partition coefficient (Wildman–Crippen LogP) is 1.04. The van der Waals surface area contributed by atoms with Gasteiger partial charge in [-0.2, -0.15) is 0 Å². The second-order valence-electron chi connectivity index (χ2n) is 6.49. The summed E-state index contributed by atoms with van der Waals surface area (Å²) in [6.07, 6.45) is 1.23. The Morgan fingerprint density at radius 3 is 2.30 bits per heavy atom. The minimum absolute atomic E-state index is 0.142. The Morgan fingerprint density at radius 2 is 1.78 bits per heavy atom. The van der Waals surface area contributed by atoms with Crippen molar-refractivity contribution >= 4 is 15.9 Å². The molecule has 2 atom stereocenters. The Labute approximate surface area is 138 Å². The number of nitrogens with zero attached hydrogens (tertiary/aromatic N) is 1. The number of primary amides is 1. The molecule has 2 rings (SSSR count). The Hall–Kier alpha value is -1.44. The van der Waals surface area contributed by atoms with Crippen LogP contribution in [-0.4, -0.2) is 45.4 Å². The molecule has 1 aromatic carbocycles. The Morgan fingerprint density at radius 1 is 1.22 bits per heavy atom. The smallest absolute Gasteiger partial charge is 0.248 e. The van der Waals surface area contributed by atoms with Gasteiger partial charge < -0.3 is 10.6 Å². The van der Waals surface area contributed by atoms with Crippen LogP contribution in [0.25, 0.3) is 0 Å². The van der Waals surface area contributed by atoms with Crippen molar-refractivity contribution in [1.82, 2.24) is 9.62 Å². The van der Waals surface area contributed by atoms with Gasteiger partial charge in [0, 0.05) is 31.7 Å². The Kier molecular flexibility index (Phi) is 5.78. The fraction of sp³-hybridized carbons (Fsp3) is 0.562. The third kappa shape index (κ3) is 5.02. The number of carbonyl (C=O) groups is 1. The second-order valence-corrected chi connectivity index (χ2v) is 8.26. The van der Waals surface area contributed by atoms with Crippen LogP contribution in [0.4, 0.5) is 0 Å². The molecule has 1 fully saturated rings. The lowest BCUT2D eigenvalue weighted by Crippen LogP contribution is -2.42. The summed E-state index contributed by atoms with van der Waals surface area (Å²) in [6, 6.07) is 5.64. The normalized spacial score (nSPS) is 22.9. The second kappa shape index (κ2) is 7.42. The van der Waals surface area contributed by atoms with Crippen molar-refractivity contribution in [2.45, 2.75) is 25.2 Å². The van der Waals surface area contributed by atoms with Crippen LogP contribution < -0.4 is 10.5 Å². The number of benzene rings is 1. The highest BCUT2D eigenvalue weighted by Gasteiger charge is 2.22. The van der Waals surface area contributed by atoms with Crippen molar-refractivity contribution < 1.29 is 13.2 Å². The van der Waals surface area contributed by atoms with Crippen LogP contribution in [-0.2, 0) is 10.0 Å². The largest absolute Gasteiger partial charge is 0.366 e. The molecule has 3 N–H and O–H groups in total. The van der Waals surface area contributed by atoms with E-state index < -0.39 is 15.9 Å². The predicted molar refractivity (Wildman–Crippen MR) is 89.5 cm³/mol. The molecule has 1 aliphatic heterocycles. The van der Waals surface area contributed by atoms with Crippen molar-refractivity contribution in [3.05, 3.63) is 29.8 Å². The highest BCUT2D eigenvalue weighted by atomic mass is 32.2. The maximum atomic E-state index is 12.2. The van der Waals surface area contributed by atoms with Crippen LogP contribution >= 0.6 is 0 Å². The van der Waals surface area contributed by atoms with Crippen molar-refractivity contribution in [1.29, 1.82) is 0 Å². The number of nitrogens with two attached hydrogens (primary N) is 1. The third-order valence-electron chi connectivity index (χ3n) is 4.11. The molecule has 0 spiro atoms. The Bertz CT molecular complexity index is 633. The third-order valence-corrected chi connectivity index (χ3v) is 5.59. The molecule has 0 aromatic heterocycles. The molecule has 2 unspecified atom stereocenters. The number of carbonyl (C=O) groups excluding carboxylic acids is 1. The van der Waals surface area contributed by atoms with E-state index >= 15 is 0 Å². The summed E-state index contributed by atoms with van der Waals surface area (Å²) in [5, 5.41) is 0. The summed E-state index contributed by atoms with van der Waals surface area (Å²) in [5.74, 6) is 0.726. The van der Waals surface area contributed by atoms with Crippen LogP contribution in [0.15, 0.2) is 29.2 Å². The van der Waals surface area contributed by atoms with Gasteiger partial charge in [0.1, 0.15) is 0 Å². The lowest BCUT2D eigenvalue weighted by molar-refractivity contribution is 0.1000. The molecule has 1 aliphatic rings. The lowest BCUT2D eigenvalue weighted by Gasteiger charge is -2.34. The number of piperidine rings is 1. The topological polar surface area (TPSA) is 92.5 Å². The molecule has 6 nitrogen and oxygen atoms in total. The summed E-state index contributed by atoms with van der Waals surface area (Å²) in [5.41, 5.74) is 5.44. The minimum atomic E-state index is -3.56. The zero-order valence-corrected chi connectivity index (χ0v) is 14.5. The van der Waals surface area contributed by atoms with Gasteiger partial charge >= 0.3 is 0 Å². The van der Waals surface area contributed by atoms with Crippen LogP contribution in [0.5, 0.6) is 0 Å². The zero-order valence-electron chi connectivity index (χ0n) is 13.7. The van der Waals surface area contributed by atoms with E-state index in [0.717, 1.165) is 13.1 Å². The van der Waals surface area contributed by atoms with E-state index in [9.17, 15) is 13.2 Å². The van der Waals surface area contributed by atoms with Crippen molar-refractivity contribution in [3.63, 3.8) is 0 Å². The molecule has 0 aliphatic carbocycles. The van der Waals surface area contributed by atoms with Gasteiger partial charge in [0.05, 0.1) is 4.90 Å². The average Bonchev–Trinajstić information content (AvgIpc) is 2.46. The first kappa shape index (κ1) is 17.9. The van der Waals surface area contributed by atoms with E-state index in [2.05, 4.69) is 23.5 Å². The van der Waals surface area contributed by atoms with Crippen LogP contribution in [0.2, 0.25) is 0 Å². The number of amides is 1. The first-order chi connectivity index (χ1) is 10.8.